The Hall–Kier alpha value is -2.54. The molecule has 2 aromatic rings. The minimum Gasteiger partial charge on any atom is -0.406 e. The minimum absolute atomic E-state index is 0.154. The summed E-state index contributed by atoms with van der Waals surface area (Å²) in [5.41, 5.74) is 2.50. The lowest BCUT2D eigenvalue weighted by Gasteiger charge is -2.24. The van der Waals surface area contributed by atoms with Gasteiger partial charge in [-0.1, -0.05) is 30.3 Å². The number of anilines is 1. The molecule has 26 heavy (non-hydrogen) atoms. The summed E-state index contributed by atoms with van der Waals surface area (Å²) in [6.45, 7) is 4.10. The molecule has 2 rings (SSSR count). The number of benzene rings is 2. The number of para-hydroxylation sites is 1. The zero-order chi connectivity index (χ0) is 19.3. The number of hydrogen-bond acceptors (Lipinski definition) is 3. The summed E-state index contributed by atoms with van der Waals surface area (Å²) in [6.07, 6.45) is -4.71. The second-order valence-electron chi connectivity index (χ2n) is 6.09. The highest BCUT2D eigenvalue weighted by Crippen LogP contribution is 2.23. The van der Waals surface area contributed by atoms with E-state index in [2.05, 4.69) is 10.1 Å². The number of nitrogens with one attached hydrogen (secondary N) is 1. The summed E-state index contributed by atoms with van der Waals surface area (Å²) >= 11 is 0. The van der Waals surface area contributed by atoms with Crippen molar-refractivity contribution in [2.75, 3.05) is 12.4 Å². The van der Waals surface area contributed by atoms with Crippen LogP contribution in [-0.4, -0.2) is 30.3 Å². The van der Waals surface area contributed by atoms with Gasteiger partial charge in [0, 0.05) is 12.2 Å². The highest BCUT2D eigenvalue weighted by Gasteiger charge is 2.31. The number of ether oxygens (including phenoxy) is 1. The van der Waals surface area contributed by atoms with Crippen LogP contribution in [0.3, 0.4) is 0 Å². The molecule has 0 spiro atoms. The standard InChI is InChI=1S/C19H21F3N2O2/c1-13-6-4-5-7-17(13)23-18(25)14(2)24(3)12-15-8-10-16(11-9-15)26-19(20,21)22/h4-11,14H,12H2,1-3H3,(H,23,25). The molecule has 0 aliphatic carbocycles. The lowest BCUT2D eigenvalue weighted by molar-refractivity contribution is -0.274. The van der Waals surface area contributed by atoms with Crippen molar-refractivity contribution in [1.82, 2.24) is 4.90 Å². The molecular formula is C19H21F3N2O2. The summed E-state index contributed by atoms with van der Waals surface area (Å²) in [7, 11) is 1.78. The Bertz CT molecular complexity index is 745. The van der Waals surface area contributed by atoms with Crippen molar-refractivity contribution in [2.45, 2.75) is 32.8 Å². The molecule has 0 bridgehead atoms. The van der Waals surface area contributed by atoms with E-state index < -0.39 is 12.4 Å². The van der Waals surface area contributed by atoms with Crippen LogP contribution < -0.4 is 10.1 Å². The van der Waals surface area contributed by atoms with E-state index in [4.69, 9.17) is 0 Å². The molecule has 1 unspecified atom stereocenters. The first-order valence-corrected chi connectivity index (χ1v) is 8.07. The number of carbonyl (C=O) groups excluding carboxylic acids is 1. The van der Waals surface area contributed by atoms with E-state index in [0.717, 1.165) is 16.8 Å². The number of alkyl halides is 3. The number of hydrogen-bond donors (Lipinski definition) is 1. The Kier molecular flexibility index (Phi) is 6.26. The number of amides is 1. The molecule has 0 saturated heterocycles. The number of rotatable bonds is 6. The molecule has 1 N–H and O–H groups in total. The molecule has 0 saturated carbocycles. The third kappa shape index (κ3) is 5.77. The van der Waals surface area contributed by atoms with E-state index >= 15 is 0 Å². The van der Waals surface area contributed by atoms with E-state index in [0.29, 0.717) is 6.54 Å². The monoisotopic (exact) mass is 366 g/mol. The molecule has 2 aromatic carbocycles. The molecular weight excluding hydrogens is 345 g/mol. The Morgan fingerprint density at radius 3 is 2.35 bits per heavy atom. The van der Waals surface area contributed by atoms with Crippen LogP contribution in [0.1, 0.15) is 18.1 Å². The topological polar surface area (TPSA) is 41.6 Å². The van der Waals surface area contributed by atoms with Gasteiger partial charge >= 0.3 is 6.36 Å². The van der Waals surface area contributed by atoms with Crippen LogP contribution in [0, 0.1) is 6.92 Å². The smallest absolute Gasteiger partial charge is 0.406 e. The second kappa shape index (κ2) is 8.23. The van der Waals surface area contributed by atoms with Crippen LogP contribution in [0.2, 0.25) is 0 Å². The fourth-order valence-electron chi connectivity index (χ4n) is 2.37. The Morgan fingerprint density at radius 2 is 1.77 bits per heavy atom. The summed E-state index contributed by atoms with van der Waals surface area (Å²) in [6, 6.07) is 12.7. The summed E-state index contributed by atoms with van der Waals surface area (Å²) in [4.78, 5) is 14.2. The van der Waals surface area contributed by atoms with E-state index in [1.165, 1.54) is 12.1 Å². The van der Waals surface area contributed by atoms with Crippen molar-refractivity contribution >= 4 is 11.6 Å². The predicted molar refractivity (Wildman–Crippen MR) is 93.9 cm³/mol. The number of halogens is 3. The van der Waals surface area contributed by atoms with Gasteiger partial charge in [0.15, 0.2) is 0 Å². The average Bonchev–Trinajstić information content (AvgIpc) is 2.56. The van der Waals surface area contributed by atoms with Crippen LogP contribution >= 0.6 is 0 Å². The van der Waals surface area contributed by atoms with Gasteiger partial charge in [-0.3, -0.25) is 9.69 Å². The van der Waals surface area contributed by atoms with Crippen LogP contribution in [-0.2, 0) is 11.3 Å². The van der Waals surface area contributed by atoms with E-state index in [1.54, 1.807) is 26.1 Å². The maximum absolute atomic E-state index is 12.4. The first-order valence-electron chi connectivity index (χ1n) is 8.07. The van der Waals surface area contributed by atoms with Crippen LogP contribution in [0.15, 0.2) is 48.5 Å². The molecule has 0 heterocycles. The lowest BCUT2D eigenvalue weighted by Crippen LogP contribution is -2.39. The Labute approximate surface area is 150 Å². The normalized spacial score (nSPS) is 12.7. The van der Waals surface area contributed by atoms with Gasteiger partial charge in [-0.15, -0.1) is 13.2 Å². The van der Waals surface area contributed by atoms with Crippen molar-refractivity contribution < 1.29 is 22.7 Å². The number of carbonyl (C=O) groups is 1. The van der Waals surface area contributed by atoms with Crippen molar-refractivity contribution in [2.24, 2.45) is 0 Å². The van der Waals surface area contributed by atoms with Crippen LogP contribution in [0.5, 0.6) is 5.75 Å². The predicted octanol–water partition coefficient (Wildman–Crippen LogP) is 4.35. The van der Waals surface area contributed by atoms with Gasteiger partial charge in [0.1, 0.15) is 5.75 Å². The Balaban J connectivity index is 1.94. The molecule has 140 valence electrons. The molecule has 0 aliphatic heterocycles. The third-order valence-corrected chi connectivity index (χ3v) is 4.03. The zero-order valence-electron chi connectivity index (χ0n) is 14.8. The van der Waals surface area contributed by atoms with Gasteiger partial charge in [-0.05, 0) is 50.2 Å². The maximum Gasteiger partial charge on any atom is 0.573 e. The third-order valence-electron chi connectivity index (χ3n) is 4.03. The molecule has 0 aliphatic rings. The lowest BCUT2D eigenvalue weighted by atomic mass is 10.1. The van der Waals surface area contributed by atoms with Crippen LogP contribution in [0.25, 0.3) is 0 Å². The van der Waals surface area contributed by atoms with Gasteiger partial charge < -0.3 is 10.1 Å². The molecule has 4 nitrogen and oxygen atoms in total. The summed E-state index contributed by atoms with van der Waals surface area (Å²) in [5.74, 6) is -0.423. The van der Waals surface area contributed by atoms with Crippen molar-refractivity contribution in [3.8, 4) is 5.75 Å². The molecule has 1 amide bonds. The second-order valence-corrected chi connectivity index (χ2v) is 6.09. The largest absolute Gasteiger partial charge is 0.573 e. The van der Waals surface area contributed by atoms with Crippen LogP contribution in [0.4, 0.5) is 18.9 Å². The molecule has 1 atom stereocenters. The molecule has 0 fully saturated rings. The van der Waals surface area contributed by atoms with Gasteiger partial charge in [-0.25, -0.2) is 0 Å². The quantitative estimate of drug-likeness (QED) is 0.826. The average molecular weight is 366 g/mol. The molecule has 0 radical (unpaired) electrons. The zero-order valence-corrected chi connectivity index (χ0v) is 14.8. The summed E-state index contributed by atoms with van der Waals surface area (Å²) in [5, 5.41) is 2.89. The first-order chi connectivity index (χ1) is 12.2. The van der Waals surface area contributed by atoms with Crippen molar-refractivity contribution in [3.63, 3.8) is 0 Å². The van der Waals surface area contributed by atoms with E-state index in [-0.39, 0.29) is 11.7 Å². The van der Waals surface area contributed by atoms with Gasteiger partial charge in [0.05, 0.1) is 6.04 Å². The van der Waals surface area contributed by atoms with Gasteiger partial charge in [0.2, 0.25) is 5.91 Å². The summed E-state index contributed by atoms with van der Waals surface area (Å²) < 4.78 is 40.4. The minimum atomic E-state index is -4.71. The highest BCUT2D eigenvalue weighted by molar-refractivity contribution is 5.95. The first kappa shape index (κ1) is 19.8. The SMILES string of the molecule is Cc1ccccc1NC(=O)C(C)N(C)Cc1ccc(OC(F)(F)F)cc1. The van der Waals surface area contributed by atoms with Crippen molar-refractivity contribution in [3.05, 3.63) is 59.7 Å². The maximum atomic E-state index is 12.4. The fraction of sp³-hybridized carbons (Fsp3) is 0.316. The number of likely N-dealkylation sites (N-methyl/N-ethyl adjacent to an activating group) is 1. The number of nitrogens with zero attached hydrogens (tertiary/aromatic N) is 1. The molecule has 0 aromatic heterocycles. The fourth-order valence-corrected chi connectivity index (χ4v) is 2.37. The van der Waals surface area contributed by atoms with E-state index in [9.17, 15) is 18.0 Å². The number of aryl methyl sites for hydroxylation is 1. The molecule has 7 heteroatoms. The van der Waals surface area contributed by atoms with Crippen molar-refractivity contribution in [1.29, 1.82) is 0 Å². The highest BCUT2D eigenvalue weighted by atomic mass is 19.4. The van der Waals surface area contributed by atoms with E-state index in [1.807, 2.05) is 36.1 Å². The van der Waals surface area contributed by atoms with Gasteiger partial charge in [-0.2, -0.15) is 0 Å². The Morgan fingerprint density at radius 1 is 1.15 bits per heavy atom. The van der Waals surface area contributed by atoms with Gasteiger partial charge in [0.25, 0.3) is 0 Å².